The second-order valence-corrected chi connectivity index (χ2v) is 5.88. The molecule has 29 heavy (non-hydrogen) atoms. The highest BCUT2D eigenvalue weighted by atomic mass is 16.6. The Morgan fingerprint density at radius 2 is 1.59 bits per heavy atom. The van der Waals surface area contributed by atoms with Crippen LogP contribution in [0.15, 0.2) is 36.4 Å². The summed E-state index contributed by atoms with van der Waals surface area (Å²) in [4.78, 5) is 25.0. The van der Waals surface area contributed by atoms with Gasteiger partial charge in [-0.1, -0.05) is 12.1 Å². The van der Waals surface area contributed by atoms with Crippen LogP contribution in [-0.2, 0) is 9.53 Å². The average Bonchev–Trinajstić information content (AvgIpc) is 2.73. The van der Waals surface area contributed by atoms with Crippen molar-refractivity contribution in [3.63, 3.8) is 0 Å². The van der Waals surface area contributed by atoms with Crippen molar-refractivity contribution in [1.82, 2.24) is 0 Å². The summed E-state index contributed by atoms with van der Waals surface area (Å²) < 4.78 is 26.5. The van der Waals surface area contributed by atoms with Gasteiger partial charge in [0.1, 0.15) is 5.75 Å². The first kappa shape index (κ1) is 21.9. The summed E-state index contributed by atoms with van der Waals surface area (Å²) in [6.07, 6.45) is -1.05. The second kappa shape index (κ2) is 10.2. The number of methoxy groups -OCH3 is 3. The molecule has 2 aromatic carbocycles. The number of nitrogens with one attached hydrogen (secondary N) is 1. The van der Waals surface area contributed by atoms with Gasteiger partial charge in [0.05, 0.1) is 39.2 Å². The molecule has 8 nitrogen and oxygen atoms in total. The molecule has 1 N–H and O–H groups in total. The summed E-state index contributed by atoms with van der Waals surface area (Å²) in [6, 6.07) is 9.93. The van der Waals surface area contributed by atoms with Gasteiger partial charge in [0.25, 0.3) is 5.91 Å². The molecule has 2 rings (SSSR count). The van der Waals surface area contributed by atoms with Gasteiger partial charge in [0.2, 0.25) is 5.75 Å². The average molecular weight is 403 g/mol. The Morgan fingerprint density at radius 3 is 2.14 bits per heavy atom. The van der Waals surface area contributed by atoms with E-state index in [1.807, 2.05) is 6.92 Å². The molecule has 1 atom stereocenters. The molecule has 156 valence electrons. The summed E-state index contributed by atoms with van der Waals surface area (Å²) in [6.45, 7) is 3.79. The van der Waals surface area contributed by atoms with Crippen LogP contribution in [0.1, 0.15) is 24.2 Å². The number of anilines is 1. The van der Waals surface area contributed by atoms with E-state index in [9.17, 15) is 9.59 Å². The molecule has 0 aliphatic carbocycles. The molecule has 0 spiro atoms. The molecule has 0 aliphatic heterocycles. The third kappa shape index (κ3) is 5.31. The Labute approximate surface area is 169 Å². The van der Waals surface area contributed by atoms with E-state index in [1.54, 1.807) is 24.3 Å². The molecule has 0 saturated heterocycles. The normalized spacial score (nSPS) is 11.2. The minimum Gasteiger partial charge on any atom is -0.493 e. The zero-order valence-electron chi connectivity index (χ0n) is 17.1. The predicted octanol–water partition coefficient (Wildman–Crippen LogP) is 3.30. The first-order valence-corrected chi connectivity index (χ1v) is 8.98. The number of hydrogen-bond donors (Lipinski definition) is 1. The van der Waals surface area contributed by atoms with Crippen molar-refractivity contribution >= 4 is 17.6 Å². The van der Waals surface area contributed by atoms with Gasteiger partial charge in [-0.3, -0.25) is 4.79 Å². The lowest BCUT2D eigenvalue weighted by Crippen LogP contribution is -2.30. The van der Waals surface area contributed by atoms with E-state index in [1.165, 1.54) is 40.4 Å². The molecule has 1 amide bonds. The summed E-state index contributed by atoms with van der Waals surface area (Å²) >= 11 is 0. The van der Waals surface area contributed by atoms with Crippen LogP contribution in [0.25, 0.3) is 0 Å². The molecular formula is C21H25NO7. The van der Waals surface area contributed by atoms with Crippen LogP contribution in [-0.4, -0.2) is 45.9 Å². The Bertz CT molecular complexity index is 841. The molecule has 0 aliphatic rings. The number of hydrogen-bond acceptors (Lipinski definition) is 7. The van der Waals surface area contributed by atoms with Crippen molar-refractivity contribution in [2.45, 2.75) is 20.0 Å². The van der Waals surface area contributed by atoms with Crippen molar-refractivity contribution in [3.8, 4) is 23.0 Å². The number of rotatable bonds is 9. The standard InChI is InChI=1S/C21H25NO7/c1-6-28-16-10-8-7-9-15(16)22-20(23)13(2)29-21(24)14-11-17(25-3)19(27-5)18(12-14)26-4/h7-13H,6H2,1-5H3,(H,22,23)/t13-/m1/s1. The summed E-state index contributed by atoms with van der Waals surface area (Å²) in [5.74, 6) is 0.308. The lowest BCUT2D eigenvalue weighted by Gasteiger charge is -2.17. The molecule has 0 radical (unpaired) electrons. The topological polar surface area (TPSA) is 92.3 Å². The second-order valence-electron chi connectivity index (χ2n) is 5.88. The van der Waals surface area contributed by atoms with Crippen molar-refractivity contribution in [1.29, 1.82) is 0 Å². The minimum absolute atomic E-state index is 0.161. The third-order valence-electron chi connectivity index (χ3n) is 4.00. The van der Waals surface area contributed by atoms with Crippen LogP contribution in [0, 0.1) is 0 Å². The van der Waals surface area contributed by atoms with Crippen molar-refractivity contribution < 1.29 is 33.3 Å². The highest BCUT2D eigenvalue weighted by Gasteiger charge is 2.23. The number of esters is 1. The zero-order valence-corrected chi connectivity index (χ0v) is 17.1. The van der Waals surface area contributed by atoms with E-state index >= 15 is 0 Å². The fourth-order valence-electron chi connectivity index (χ4n) is 2.57. The van der Waals surface area contributed by atoms with Gasteiger partial charge in [0, 0.05) is 0 Å². The van der Waals surface area contributed by atoms with Crippen LogP contribution >= 0.6 is 0 Å². The monoisotopic (exact) mass is 403 g/mol. The van der Waals surface area contributed by atoms with E-state index in [0.717, 1.165) is 0 Å². The number of benzene rings is 2. The Hall–Kier alpha value is -3.42. The van der Waals surface area contributed by atoms with Gasteiger partial charge >= 0.3 is 5.97 Å². The third-order valence-corrected chi connectivity index (χ3v) is 4.00. The largest absolute Gasteiger partial charge is 0.493 e. The van der Waals surface area contributed by atoms with Crippen molar-refractivity contribution in [2.24, 2.45) is 0 Å². The van der Waals surface area contributed by atoms with E-state index in [-0.39, 0.29) is 5.56 Å². The number of ether oxygens (including phenoxy) is 5. The smallest absolute Gasteiger partial charge is 0.339 e. The van der Waals surface area contributed by atoms with Crippen molar-refractivity contribution in [2.75, 3.05) is 33.3 Å². The fourth-order valence-corrected chi connectivity index (χ4v) is 2.57. The first-order valence-electron chi connectivity index (χ1n) is 8.98. The quantitative estimate of drug-likeness (QED) is 0.642. The molecular weight excluding hydrogens is 378 g/mol. The molecule has 0 bridgehead atoms. The number of amides is 1. The van der Waals surface area contributed by atoms with Gasteiger partial charge < -0.3 is 29.0 Å². The first-order chi connectivity index (χ1) is 13.9. The molecule has 0 aromatic heterocycles. The van der Waals surface area contributed by atoms with Crippen LogP contribution < -0.4 is 24.3 Å². The molecule has 8 heteroatoms. The highest BCUT2D eigenvalue weighted by molar-refractivity contribution is 5.98. The lowest BCUT2D eigenvalue weighted by molar-refractivity contribution is -0.123. The highest BCUT2D eigenvalue weighted by Crippen LogP contribution is 2.38. The van der Waals surface area contributed by atoms with E-state index in [4.69, 9.17) is 23.7 Å². The minimum atomic E-state index is -1.05. The maximum Gasteiger partial charge on any atom is 0.339 e. The van der Waals surface area contributed by atoms with Crippen LogP contribution in [0.2, 0.25) is 0 Å². The number of carbonyl (C=O) groups excluding carboxylic acids is 2. The van der Waals surface area contributed by atoms with Crippen LogP contribution in [0.4, 0.5) is 5.69 Å². The summed E-state index contributed by atoms with van der Waals surface area (Å²) in [5, 5.41) is 2.70. The maximum absolute atomic E-state index is 12.5. The Morgan fingerprint density at radius 1 is 0.966 bits per heavy atom. The predicted molar refractivity (Wildman–Crippen MR) is 107 cm³/mol. The van der Waals surface area contributed by atoms with Crippen molar-refractivity contribution in [3.05, 3.63) is 42.0 Å². The fraction of sp³-hybridized carbons (Fsp3) is 0.333. The Kier molecular flexibility index (Phi) is 7.70. The molecule has 0 fully saturated rings. The molecule has 2 aromatic rings. The summed E-state index contributed by atoms with van der Waals surface area (Å²) in [7, 11) is 4.35. The molecule has 0 heterocycles. The number of para-hydroxylation sites is 2. The van der Waals surface area contributed by atoms with Gasteiger partial charge in [-0.2, -0.15) is 0 Å². The number of carbonyl (C=O) groups is 2. The van der Waals surface area contributed by atoms with Crippen LogP contribution in [0.3, 0.4) is 0 Å². The van der Waals surface area contributed by atoms with E-state index < -0.39 is 18.0 Å². The van der Waals surface area contributed by atoms with Gasteiger partial charge in [-0.05, 0) is 38.1 Å². The van der Waals surface area contributed by atoms with Gasteiger partial charge in [-0.25, -0.2) is 4.79 Å². The van der Waals surface area contributed by atoms with Gasteiger partial charge in [0.15, 0.2) is 17.6 Å². The Balaban J connectivity index is 2.13. The van der Waals surface area contributed by atoms with Gasteiger partial charge in [-0.15, -0.1) is 0 Å². The SMILES string of the molecule is CCOc1ccccc1NC(=O)[C@@H](C)OC(=O)c1cc(OC)c(OC)c(OC)c1. The molecule has 0 unspecified atom stereocenters. The van der Waals surface area contributed by atoms with E-state index in [0.29, 0.717) is 35.3 Å². The van der Waals surface area contributed by atoms with E-state index in [2.05, 4.69) is 5.32 Å². The zero-order chi connectivity index (χ0) is 21.4. The maximum atomic E-state index is 12.5. The van der Waals surface area contributed by atoms with Crippen LogP contribution in [0.5, 0.6) is 23.0 Å². The summed E-state index contributed by atoms with van der Waals surface area (Å²) in [5.41, 5.74) is 0.656. The molecule has 0 saturated carbocycles. The lowest BCUT2D eigenvalue weighted by atomic mass is 10.2.